The number of ketones is 1. The number of carbonyl (C=O) groups is 2. The van der Waals surface area contributed by atoms with Crippen molar-refractivity contribution in [3.05, 3.63) is 71.7 Å². The second-order valence-corrected chi connectivity index (χ2v) is 4.50. The summed E-state index contributed by atoms with van der Waals surface area (Å²) in [6, 6.07) is 14.1. The van der Waals surface area contributed by atoms with Crippen LogP contribution in [0.15, 0.2) is 60.5 Å². The summed E-state index contributed by atoms with van der Waals surface area (Å²) in [6.07, 6.45) is 1.53. The fourth-order valence-corrected chi connectivity index (χ4v) is 1.96. The second-order valence-electron chi connectivity index (χ2n) is 4.50. The quantitative estimate of drug-likeness (QED) is 0.679. The Hall–Kier alpha value is -2.95. The molecule has 0 unspecified atom stereocenters. The molecule has 0 saturated heterocycles. The lowest BCUT2D eigenvalue weighted by Crippen LogP contribution is -2.25. The highest BCUT2D eigenvalue weighted by molar-refractivity contribution is 6.04. The molecule has 5 heteroatoms. The average molecular weight is 296 g/mol. The molecule has 112 valence electrons. The number of hydrogen-bond donors (Lipinski definition) is 1. The molecule has 0 radical (unpaired) electrons. The number of allylic oxidation sites excluding steroid dienone is 1. The van der Waals surface area contributed by atoms with Crippen molar-refractivity contribution < 1.29 is 14.3 Å². The van der Waals surface area contributed by atoms with Gasteiger partial charge in [-0.05, 0) is 12.1 Å². The van der Waals surface area contributed by atoms with Crippen LogP contribution in [0.3, 0.4) is 0 Å². The molecule has 0 aliphatic rings. The Kier molecular flexibility index (Phi) is 5.03. The number of aromatic nitrogens is 1. The molecule has 0 bridgehead atoms. The maximum absolute atomic E-state index is 12.3. The summed E-state index contributed by atoms with van der Waals surface area (Å²) < 4.78 is 5.16. The molecular formula is C17H16N2O3. The Bertz CT molecular complexity index is 694. The first kappa shape index (κ1) is 15.4. The van der Waals surface area contributed by atoms with Crippen LogP contribution in [0.5, 0.6) is 0 Å². The fraction of sp³-hybridized carbons (Fsp3) is 0.118. The number of rotatable bonds is 5. The Morgan fingerprint density at radius 1 is 1.05 bits per heavy atom. The van der Waals surface area contributed by atoms with Crippen LogP contribution < -0.4 is 5.32 Å². The first-order valence-corrected chi connectivity index (χ1v) is 6.70. The monoisotopic (exact) mass is 296 g/mol. The minimum atomic E-state index is -0.407. The highest BCUT2D eigenvalue weighted by Crippen LogP contribution is 2.18. The SMILES string of the molecule is CO/C(C(C)=O)=C(/NC(=O)c1ccccn1)c1ccccc1. The van der Waals surface area contributed by atoms with Crippen LogP contribution in [0.25, 0.3) is 5.70 Å². The maximum atomic E-state index is 12.3. The van der Waals surface area contributed by atoms with E-state index >= 15 is 0 Å². The van der Waals surface area contributed by atoms with Gasteiger partial charge in [0.25, 0.3) is 5.91 Å². The van der Waals surface area contributed by atoms with Crippen LogP contribution in [0, 0.1) is 0 Å². The van der Waals surface area contributed by atoms with Gasteiger partial charge in [-0.2, -0.15) is 0 Å². The molecule has 0 saturated carbocycles. The smallest absolute Gasteiger partial charge is 0.274 e. The molecule has 1 heterocycles. The Morgan fingerprint density at radius 2 is 1.73 bits per heavy atom. The molecule has 2 rings (SSSR count). The zero-order valence-corrected chi connectivity index (χ0v) is 12.4. The Morgan fingerprint density at radius 3 is 2.27 bits per heavy atom. The van der Waals surface area contributed by atoms with Gasteiger partial charge in [0, 0.05) is 18.7 Å². The third-order valence-corrected chi connectivity index (χ3v) is 2.95. The largest absolute Gasteiger partial charge is 0.491 e. The highest BCUT2D eigenvalue weighted by Gasteiger charge is 2.18. The van der Waals surface area contributed by atoms with Crippen molar-refractivity contribution in [3.63, 3.8) is 0 Å². The molecule has 1 N–H and O–H groups in total. The summed E-state index contributed by atoms with van der Waals surface area (Å²) in [5.41, 5.74) is 1.26. The number of hydrogen-bond acceptors (Lipinski definition) is 4. The van der Waals surface area contributed by atoms with Gasteiger partial charge in [0.05, 0.1) is 12.8 Å². The van der Waals surface area contributed by atoms with Gasteiger partial charge in [-0.25, -0.2) is 0 Å². The van der Waals surface area contributed by atoms with E-state index in [4.69, 9.17) is 4.74 Å². The number of Topliss-reactive ketones (excluding diaryl/α,β-unsaturated/α-hetero) is 1. The molecule has 0 atom stereocenters. The van der Waals surface area contributed by atoms with E-state index in [1.54, 1.807) is 30.3 Å². The number of methoxy groups -OCH3 is 1. The first-order valence-electron chi connectivity index (χ1n) is 6.70. The van der Waals surface area contributed by atoms with Crippen LogP contribution in [0.2, 0.25) is 0 Å². The molecule has 0 spiro atoms. The first-order chi connectivity index (χ1) is 10.6. The minimum Gasteiger partial charge on any atom is -0.491 e. The number of carbonyl (C=O) groups excluding carboxylic acids is 2. The molecule has 1 aromatic carbocycles. The van der Waals surface area contributed by atoms with E-state index in [1.165, 1.54) is 20.2 Å². The third kappa shape index (κ3) is 3.58. The van der Waals surface area contributed by atoms with Crippen LogP contribution >= 0.6 is 0 Å². The maximum Gasteiger partial charge on any atom is 0.274 e. The van der Waals surface area contributed by atoms with E-state index in [9.17, 15) is 9.59 Å². The summed E-state index contributed by atoms with van der Waals surface area (Å²) in [4.78, 5) is 28.0. The highest BCUT2D eigenvalue weighted by atomic mass is 16.5. The Labute approximate surface area is 128 Å². The van der Waals surface area contributed by atoms with Gasteiger partial charge < -0.3 is 10.1 Å². The standard InChI is InChI=1S/C17H16N2O3/c1-12(20)16(22-2)15(13-8-4-3-5-9-13)19-17(21)14-10-6-7-11-18-14/h3-11H,1-2H3,(H,19,21)/b16-15+. The number of amides is 1. The van der Waals surface area contributed by atoms with E-state index in [1.807, 2.05) is 18.2 Å². The zero-order valence-electron chi connectivity index (χ0n) is 12.4. The summed E-state index contributed by atoms with van der Waals surface area (Å²) in [7, 11) is 1.40. The number of benzene rings is 1. The van der Waals surface area contributed by atoms with Gasteiger partial charge in [-0.15, -0.1) is 0 Å². The topological polar surface area (TPSA) is 68.3 Å². The van der Waals surface area contributed by atoms with Crippen LogP contribution in [0.1, 0.15) is 23.0 Å². The summed E-state index contributed by atoms with van der Waals surface area (Å²) in [5, 5.41) is 2.71. The molecule has 2 aromatic rings. The molecule has 0 fully saturated rings. The lowest BCUT2D eigenvalue weighted by molar-refractivity contribution is -0.116. The lowest BCUT2D eigenvalue weighted by atomic mass is 10.1. The molecule has 5 nitrogen and oxygen atoms in total. The number of nitrogens with zero attached hydrogens (tertiary/aromatic N) is 1. The van der Waals surface area contributed by atoms with E-state index < -0.39 is 5.91 Å². The van der Waals surface area contributed by atoms with Crippen LogP contribution in [-0.4, -0.2) is 23.8 Å². The number of nitrogens with one attached hydrogen (secondary N) is 1. The minimum absolute atomic E-state index is 0.0930. The van der Waals surface area contributed by atoms with Crippen molar-refractivity contribution in [2.24, 2.45) is 0 Å². The van der Waals surface area contributed by atoms with Crippen molar-refractivity contribution in [2.45, 2.75) is 6.92 Å². The molecular weight excluding hydrogens is 280 g/mol. The van der Waals surface area contributed by atoms with E-state index in [-0.39, 0.29) is 17.2 Å². The predicted molar refractivity (Wildman–Crippen MR) is 82.8 cm³/mol. The van der Waals surface area contributed by atoms with Crippen LogP contribution in [-0.2, 0) is 9.53 Å². The van der Waals surface area contributed by atoms with Gasteiger partial charge >= 0.3 is 0 Å². The number of pyridine rings is 1. The second kappa shape index (κ2) is 7.17. The zero-order chi connectivity index (χ0) is 15.9. The summed E-state index contributed by atoms with van der Waals surface area (Å²) in [6.45, 7) is 1.38. The van der Waals surface area contributed by atoms with E-state index in [2.05, 4.69) is 10.3 Å². The van der Waals surface area contributed by atoms with Crippen LogP contribution in [0.4, 0.5) is 0 Å². The van der Waals surface area contributed by atoms with Gasteiger partial charge in [-0.3, -0.25) is 14.6 Å². The third-order valence-electron chi connectivity index (χ3n) is 2.95. The fourth-order valence-electron chi connectivity index (χ4n) is 1.96. The van der Waals surface area contributed by atoms with Gasteiger partial charge in [-0.1, -0.05) is 36.4 Å². The molecule has 0 aliphatic heterocycles. The van der Waals surface area contributed by atoms with Crippen molar-refractivity contribution in [3.8, 4) is 0 Å². The van der Waals surface area contributed by atoms with Crippen molar-refractivity contribution in [1.29, 1.82) is 0 Å². The number of ether oxygens (including phenoxy) is 1. The van der Waals surface area contributed by atoms with Gasteiger partial charge in [0.15, 0.2) is 11.5 Å². The summed E-state index contributed by atoms with van der Waals surface area (Å²) in [5.74, 6) is -0.589. The Balaban J connectivity index is 2.42. The van der Waals surface area contributed by atoms with Crippen molar-refractivity contribution in [2.75, 3.05) is 7.11 Å². The lowest BCUT2D eigenvalue weighted by Gasteiger charge is -2.14. The van der Waals surface area contributed by atoms with Gasteiger partial charge in [0.2, 0.25) is 0 Å². The predicted octanol–water partition coefficient (Wildman–Crippen LogP) is 2.42. The average Bonchev–Trinajstić information content (AvgIpc) is 2.55. The summed E-state index contributed by atoms with van der Waals surface area (Å²) >= 11 is 0. The molecule has 22 heavy (non-hydrogen) atoms. The van der Waals surface area contributed by atoms with Crippen molar-refractivity contribution >= 4 is 17.4 Å². The normalized spacial score (nSPS) is 11.4. The molecule has 1 amide bonds. The van der Waals surface area contributed by atoms with Gasteiger partial charge in [0.1, 0.15) is 5.69 Å². The van der Waals surface area contributed by atoms with E-state index in [0.717, 1.165) is 0 Å². The van der Waals surface area contributed by atoms with Crippen molar-refractivity contribution in [1.82, 2.24) is 10.3 Å². The van der Waals surface area contributed by atoms with E-state index in [0.29, 0.717) is 11.3 Å². The molecule has 0 aliphatic carbocycles. The molecule has 1 aromatic heterocycles.